The number of carbonyl (C=O) groups is 2. The van der Waals surface area contributed by atoms with E-state index in [0.717, 1.165) is 32.5 Å². The van der Waals surface area contributed by atoms with Crippen molar-refractivity contribution in [2.24, 2.45) is 0 Å². The molecule has 24 heavy (non-hydrogen) atoms. The highest BCUT2D eigenvalue weighted by Crippen LogP contribution is 2.30. The summed E-state index contributed by atoms with van der Waals surface area (Å²) < 4.78 is 1.13. The Morgan fingerprint density at radius 1 is 1.08 bits per heavy atom. The maximum absolute atomic E-state index is 11.7. The fourth-order valence-corrected chi connectivity index (χ4v) is 3.61. The Hall–Kier alpha value is -2.38. The number of para-hydroxylation sites is 1. The SMILES string of the molecule is O=C([O-])CSCC(=O)Nc1ccc(-c2nc3ccccc3s2)cc1. The van der Waals surface area contributed by atoms with Crippen LogP contribution in [0.1, 0.15) is 0 Å². The zero-order chi connectivity index (χ0) is 16.9. The predicted octanol–water partition coefficient (Wildman–Crippen LogP) is 2.38. The molecule has 0 fully saturated rings. The zero-order valence-electron chi connectivity index (χ0n) is 12.5. The lowest BCUT2D eigenvalue weighted by Gasteiger charge is -2.06. The first-order valence-electron chi connectivity index (χ1n) is 7.15. The Labute approximate surface area is 146 Å². The number of aliphatic carboxylic acids is 1. The molecule has 1 amide bonds. The highest BCUT2D eigenvalue weighted by atomic mass is 32.2. The van der Waals surface area contributed by atoms with Gasteiger partial charge < -0.3 is 15.2 Å². The molecule has 0 saturated heterocycles. The van der Waals surface area contributed by atoms with Gasteiger partial charge in [0.2, 0.25) is 5.91 Å². The average Bonchev–Trinajstić information content (AvgIpc) is 2.99. The third kappa shape index (κ3) is 4.12. The third-order valence-electron chi connectivity index (χ3n) is 3.16. The number of nitrogens with one attached hydrogen (secondary N) is 1. The first kappa shape index (κ1) is 16.5. The van der Waals surface area contributed by atoms with Crippen LogP contribution in [-0.4, -0.2) is 28.4 Å². The summed E-state index contributed by atoms with van der Waals surface area (Å²) in [5, 5.41) is 14.0. The number of hydrogen-bond acceptors (Lipinski definition) is 6. The smallest absolute Gasteiger partial charge is 0.234 e. The van der Waals surface area contributed by atoms with Crippen LogP contribution in [0.5, 0.6) is 0 Å². The van der Waals surface area contributed by atoms with E-state index in [9.17, 15) is 14.7 Å². The van der Waals surface area contributed by atoms with Crippen molar-refractivity contribution in [3.8, 4) is 10.6 Å². The first-order chi connectivity index (χ1) is 11.6. The highest BCUT2D eigenvalue weighted by molar-refractivity contribution is 8.00. The van der Waals surface area contributed by atoms with Gasteiger partial charge in [-0.1, -0.05) is 12.1 Å². The molecule has 0 atom stereocenters. The molecule has 122 valence electrons. The third-order valence-corrected chi connectivity index (χ3v) is 5.15. The van der Waals surface area contributed by atoms with Gasteiger partial charge in [-0.05, 0) is 36.4 Å². The Kier molecular flexibility index (Phi) is 5.12. The summed E-state index contributed by atoms with van der Waals surface area (Å²) in [7, 11) is 0. The maximum Gasteiger partial charge on any atom is 0.234 e. The van der Waals surface area contributed by atoms with E-state index in [1.807, 2.05) is 48.5 Å². The van der Waals surface area contributed by atoms with Crippen LogP contribution in [0.3, 0.4) is 0 Å². The van der Waals surface area contributed by atoms with E-state index in [1.165, 1.54) is 0 Å². The van der Waals surface area contributed by atoms with Gasteiger partial charge >= 0.3 is 0 Å². The average molecular weight is 357 g/mol. The maximum atomic E-state index is 11.7. The molecule has 1 heterocycles. The minimum absolute atomic E-state index is 0.0770. The minimum Gasteiger partial charge on any atom is -0.549 e. The summed E-state index contributed by atoms with van der Waals surface area (Å²) in [6.45, 7) is 0. The Morgan fingerprint density at radius 3 is 2.54 bits per heavy atom. The molecule has 7 heteroatoms. The molecular weight excluding hydrogens is 344 g/mol. The Morgan fingerprint density at radius 2 is 1.83 bits per heavy atom. The van der Waals surface area contributed by atoms with Gasteiger partial charge in [-0.3, -0.25) is 4.79 Å². The van der Waals surface area contributed by atoms with Crippen LogP contribution >= 0.6 is 23.1 Å². The molecule has 5 nitrogen and oxygen atoms in total. The molecule has 1 N–H and O–H groups in total. The molecule has 0 aliphatic heterocycles. The normalized spacial score (nSPS) is 10.7. The number of rotatable bonds is 6. The summed E-state index contributed by atoms with van der Waals surface area (Å²) in [6, 6.07) is 15.4. The van der Waals surface area contributed by atoms with Crippen LogP contribution < -0.4 is 10.4 Å². The van der Waals surface area contributed by atoms with Crippen molar-refractivity contribution in [2.75, 3.05) is 16.8 Å². The highest BCUT2D eigenvalue weighted by Gasteiger charge is 2.07. The largest absolute Gasteiger partial charge is 0.549 e. The van der Waals surface area contributed by atoms with E-state index in [0.29, 0.717) is 5.69 Å². The van der Waals surface area contributed by atoms with E-state index in [1.54, 1.807) is 11.3 Å². The lowest BCUT2D eigenvalue weighted by molar-refractivity contribution is -0.301. The standard InChI is InChI=1S/C17H14N2O3S2/c20-15(9-23-10-16(21)22)18-12-7-5-11(6-8-12)17-19-13-3-1-2-4-14(13)24-17/h1-8H,9-10H2,(H,18,20)(H,21,22)/p-1. The van der Waals surface area contributed by atoms with Gasteiger partial charge in [-0.2, -0.15) is 0 Å². The van der Waals surface area contributed by atoms with Crippen LogP contribution in [0.2, 0.25) is 0 Å². The molecule has 2 aromatic carbocycles. The van der Waals surface area contributed by atoms with Crippen molar-refractivity contribution in [1.82, 2.24) is 4.98 Å². The molecule has 1 aromatic heterocycles. The minimum atomic E-state index is -1.17. The van der Waals surface area contributed by atoms with Gasteiger partial charge in [0.15, 0.2) is 0 Å². The monoisotopic (exact) mass is 357 g/mol. The fraction of sp³-hybridized carbons (Fsp3) is 0.118. The van der Waals surface area contributed by atoms with Gasteiger partial charge in [0.25, 0.3) is 0 Å². The van der Waals surface area contributed by atoms with Crippen molar-refractivity contribution in [3.63, 3.8) is 0 Å². The summed E-state index contributed by atoms with van der Waals surface area (Å²) in [4.78, 5) is 26.6. The van der Waals surface area contributed by atoms with Gasteiger partial charge in [0, 0.05) is 17.0 Å². The van der Waals surface area contributed by atoms with Crippen LogP contribution in [0.4, 0.5) is 5.69 Å². The van der Waals surface area contributed by atoms with Crippen LogP contribution in [0, 0.1) is 0 Å². The molecule has 0 radical (unpaired) electrons. The number of carboxylic acid groups (broad SMARTS) is 1. The number of benzene rings is 2. The molecule has 0 saturated carbocycles. The Balaban J connectivity index is 1.64. The number of fused-ring (bicyclic) bond motifs is 1. The molecule has 0 aliphatic rings. The van der Waals surface area contributed by atoms with Crippen LogP contribution in [0.25, 0.3) is 20.8 Å². The fourth-order valence-electron chi connectivity index (χ4n) is 2.12. The van der Waals surface area contributed by atoms with Gasteiger partial charge in [0.05, 0.1) is 21.9 Å². The number of aromatic nitrogens is 1. The van der Waals surface area contributed by atoms with Crippen molar-refractivity contribution in [3.05, 3.63) is 48.5 Å². The van der Waals surface area contributed by atoms with Gasteiger partial charge in [-0.25, -0.2) is 4.98 Å². The van der Waals surface area contributed by atoms with Crippen molar-refractivity contribution < 1.29 is 14.7 Å². The van der Waals surface area contributed by atoms with Crippen molar-refractivity contribution in [1.29, 1.82) is 0 Å². The first-order valence-corrected chi connectivity index (χ1v) is 9.12. The lowest BCUT2D eigenvalue weighted by Crippen LogP contribution is -2.25. The molecule has 0 aliphatic carbocycles. The second-order valence-electron chi connectivity index (χ2n) is 4.98. The summed E-state index contributed by atoms with van der Waals surface area (Å²) >= 11 is 2.63. The lowest BCUT2D eigenvalue weighted by atomic mass is 10.2. The molecule has 0 unspecified atom stereocenters. The van der Waals surface area contributed by atoms with E-state index >= 15 is 0 Å². The van der Waals surface area contributed by atoms with Crippen LogP contribution in [0.15, 0.2) is 48.5 Å². The van der Waals surface area contributed by atoms with Gasteiger partial charge in [0.1, 0.15) is 5.01 Å². The molecule has 3 aromatic rings. The molecule has 3 rings (SSSR count). The van der Waals surface area contributed by atoms with Gasteiger partial charge in [-0.15, -0.1) is 23.1 Å². The van der Waals surface area contributed by atoms with Crippen molar-refractivity contribution >= 4 is 50.9 Å². The molecular formula is C17H13N2O3S2-. The molecule has 0 spiro atoms. The second kappa shape index (κ2) is 7.46. The number of amides is 1. The van der Waals surface area contributed by atoms with Crippen molar-refractivity contribution in [2.45, 2.75) is 0 Å². The number of thioether (sulfide) groups is 1. The number of anilines is 1. The van der Waals surface area contributed by atoms with E-state index < -0.39 is 5.97 Å². The predicted molar refractivity (Wildman–Crippen MR) is 96.0 cm³/mol. The topological polar surface area (TPSA) is 82.1 Å². The second-order valence-corrected chi connectivity index (χ2v) is 6.99. The number of carbonyl (C=O) groups excluding carboxylic acids is 2. The zero-order valence-corrected chi connectivity index (χ0v) is 14.2. The summed E-state index contributed by atoms with van der Waals surface area (Å²) in [6.07, 6.45) is 0. The quantitative estimate of drug-likeness (QED) is 0.732. The summed E-state index contributed by atoms with van der Waals surface area (Å²) in [5.41, 5.74) is 2.62. The van der Waals surface area contributed by atoms with E-state index in [4.69, 9.17) is 0 Å². The summed E-state index contributed by atoms with van der Waals surface area (Å²) in [5.74, 6) is -1.53. The van der Waals surface area contributed by atoms with Crippen LogP contribution in [-0.2, 0) is 9.59 Å². The molecule has 0 bridgehead atoms. The number of carboxylic acids is 1. The number of hydrogen-bond donors (Lipinski definition) is 1. The number of thiazole rings is 1. The number of nitrogens with zero attached hydrogens (tertiary/aromatic N) is 1. The van der Waals surface area contributed by atoms with E-state index in [-0.39, 0.29) is 17.4 Å². The van der Waals surface area contributed by atoms with E-state index in [2.05, 4.69) is 10.3 Å². The Bertz CT molecular complexity index is 842.